The number of thiazole rings is 1. The third-order valence-corrected chi connectivity index (χ3v) is 6.57. The number of likely N-dealkylation sites (tertiary alicyclic amines) is 1. The highest BCUT2D eigenvalue weighted by Crippen LogP contribution is 2.44. The fourth-order valence-corrected chi connectivity index (χ4v) is 5.22. The average Bonchev–Trinajstić information content (AvgIpc) is 3.38. The summed E-state index contributed by atoms with van der Waals surface area (Å²) in [5.74, 6) is -2.98. The van der Waals surface area contributed by atoms with E-state index in [9.17, 15) is 27.2 Å². The van der Waals surface area contributed by atoms with Gasteiger partial charge in [0.25, 0.3) is 5.91 Å². The maximum absolute atomic E-state index is 13.7. The van der Waals surface area contributed by atoms with Gasteiger partial charge in [0.05, 0.1) is 10.9 Å². The minimum Gasteiger partial charge on any atom is -0.375 e. The van der Waals surface area contributed by atoms with Gasteiger partial charge >= 0.3 is 12.1 Å². The molecule has 1 aromatic heterocycles. The molecule has 0 unspecified atom stereocenters. The van der Waals surface area contributed by atoms with Gasteiger partial charge in [-0.3, -0.25) is 9.59 Å². The van der Waals surface area contributed by atoms with E-state index in [1.165, 1.54) is 23.1 Å². The SMILES string of the molecule is Nc1nc(C(=O)N2[C@@H]3CC[C@@H](C3)[C@H]2CNC(=O)C(F)(F)F)c(-c2cccc(F)c2)s1. The number of carbonyl (C=O) groups is 2. The van der Waals surface area contributed by atoms with Crippen LogP contribution in [0.15, 0.2) is 24.3 Å². The van der Waals surface area contributed by atoms with Crippen LogP contribution in [0.25, 0.3) is 10.4 Å². The molecule has 1 saturated heterocycles. The average molecular weight is 442 g/mol. The molecule has 1 aliphatic heterocycles. The van der Waals surface area contributed by atoms with Gasteiger partial charge in [0, 0.05) is 12.6 Å². The number of hydrogen-bond acceptors (Lipinski definition) is 5. The van der Waals surface area contributed by atoms with E-state index in [2.05, 4.69) is 4.98 Å². The summed E-state index contributed by atoms with van der Waals surface area (Å²) in [6.45, 7) is -0.292. The van der Waals surface area contributed by atoms with Gasteiger partial charge in [-0.05, 0) is 42.9 Å². The topological polar surface area (TPSA) is 88.3 Å². The molecule has 160 valence electrons. The van der Waals surface area contributed by atoms with Gasteiger partial charge in [0.2, 0.25) is 0 Å². The molecule has 4 rings (SSSR count). The lowest BCUT2D eigenvalue weighted by molar-refractivity contribution is -0.173. The minimum atomic E-state index is -4.99. The molecule has 2 bridgehead atoms. The molecule has 2 aromatic rings. The number of alkyl halides is 3. The van der Waals surface area contributed by atoms with Crippen LogP contribution in [0.5, 0.6) is 0 Å². The Balaban J connectivity index is 1.61. The van der Waals surface area contributed by atoms with Crippen LogP contribution in [-0.4, -0.2) is 46.5 Å². The van der Waals surface area contributed by atoms with Gasteiger partial charge in [0.1, 0.15) is 11.5 Å². The van der Waals surface area contributed by atoms with Crippen molar-refractivity contribution >= 4 is 28.3 Å². The molecule has 3 N–H and O–H groups in total. The predicted molar refractivity (Wildman–Crippen MR) is 102 cm³/mol. The first kappa shape index (κ1) is 20.6. The largest absolute Gasteiger partial charge is 0.471 e. The highest BCUT2D eigenvalue weighted by atomic mass is 32.1. The molecule has 2 fully saturated rings. The van der Waals surface area contributed by atoms with E-state index >= 15 is 0 Å². The monoisotopic (exact) mass is 442 g/mol. The van der Waals surface area contributed by atoms with Crippen LogP contribution in [0.2, 0.25) is 0 Å². The van der Waals surface area contributed by atoms with Gasteiger partial charge in [-0.15, -0.1) is 0 Å². The zero-order valence-electron chi connectivity index (χ0n) is 15.6. The highest BCUT2D eigenvalue weighted by molar-refractivity contribution is 7.19. The standard InChI is InChI=1S/C19H18F4N4O2S/c20-11-3-1-2-10(6-11)15-14(26-18(24)30-15)16(28)27-12-5-4-9(7-12)13(27)8-25-17(29)19(21,22)23/h1-3,6,9,12-13H,4-5,7-8H2,(H2,24,26)(H,25,29)/t9-,12+,13+/m0/s1. The van der Waals surface area contributed by atoms with Crippen LogP contribution >= 0.6 is 11.3 Å². The number of carbonyl (C=O) groups excluding carboxylic acids is 2. The molecule has 0 spiro atoms. The van der Waals surface area contributed by atoms with Crippen molar-refractivity contribution in [2.75, 3.05) is 12.3 Å². The maximum atomic E-state index is 13.7. The minimum absolute atomic E-state index is 0.00101. The van der Waals surface area contributed by atoms with Crippen molar-refractivity contribution in [1.82, 2.24) is 15.2 Å². The number of rotatable bonds is 4. The lowest BCUT2D eigenvalue weighted by Gasteiger charge is -2.35. The summed E-state index contributed by atoms with van der Waals surface area (Å²) in [6, 6.07) is 4.96. The predicted octanol–water partition coefficient (Wildman–Crippen LogP) is 3.20. The van der Waals surface area contributed by atoms with Crippen molar-refractivity contribution in [1.29, 1.82) is 0 Å². The number of hydrogen-bond donors (Lipinski definition) is 2. The third kappa shape index (κ3) is 3.73. The quantitative estimate of drug-likeness (QED) is 0.712. The van der Waals surface area contributed by atoms with Crippen molar-refractivity contribution < 1.29 is 27.2 Å². The van der Waals surface area contributed by atoms with Gasteiger partial charge in [-0.1, -0.05) is 23.5 Å². The Morgan fingerprint density at radius 1 is 1.30 bits per heavy atom. The molecule has 30 heavy (non-hydrogen) atoms. The zero-order chi connectivity index (χ0) is 21.6. The summed E-state index contributed by atoms with van der Waals surface area (Å²) in [5, 5.41) is 2.02. The normalized spacial score (nSPS) is 23.1. The van der Waals surface area contributed by atoms with E-state index in [4.69, 9.17) is 5.73 Å². The fourth-order valence-electron chi connectivity index (χ4n) is 4.40. The van der Waals surface area contributed by atoms with Crippen molar-refractivity contribution in [2.24, 2.45) is 5.92 Å². The van der Waals surface area contributed by atoms with Crippen molar-refractivity contribution in [3.05, 3.63) is 35.8 Å². The molecular formula is C19H18F4N4O2S. The van der Waals surface area contributed by atoms with Gasteiger partial charge in [0.15, 0.2) is 5.13 Å². The number of benzene rings is 1. The Morgan fingerprint density at radius 3 is 2.77 bits per heavy atom. The van der Waals surface area contributed by atoms with E-state index in [0.29, 0.717) is 16.9 Å². The second kappa shape index (κ2) is 7.53. The lowest BCUT2D eigenvalue weighted by atomic mass is 9.98. The van der Waals surface area contributed by atoms with Gasteiger partial charge in [-0.2, -0.15) is 13.2 Å². The Hall–Kier alpha value is -2.69. The number of nitrogens with one attached hydrogen (secondary N) is 1. The van der Waals surface area contributed by atoms with Crippen LogP contribution in [0.3, 0.4) is 0 Å². The number of amides is 2. The molecule has 2 aliphatic rings. The number of aromatic nitrogens is 1. The van der Waals surface area contributed by atoms with E-state index in [0.717, 1.165) is 24.2 Å². The van der Waals surface area contributed by atoms with Crippen LogP contribution in [0.1, 0.15) is 29.8 Å². The van der Waals surface area contributed by atoms with Gasteiger partial charge < -0.3 is 16.0 Å². The second-order valence-corrected chi connectivity index (χ2v) is 8.49. The molecule has 3 atom stereocenters. The van der Waals surface area contributed by atoms with Crippen molar-refractivity contribution in [3.63, 3.8) is 0 Å². The first-order valence-corrected chi connectivity index (χ1v) is 10.2. The van der Waals surface area contributed by atoms with Crippen molar-refractivity contribution in [3.8, 4) is 10.4 Å². The molecule has 1 aliphatic carbocycles. The Morgan fingerprint density at radius 2 is 2.07 bits per heavy atom. The van der Waals surface area contributed by atoms with Crippen LogP contribution < -0.4 is 11.1 Å². The summed E-state index contributed by atoms with van der Waals surface area (Å²) in [7, 11) is 0. The molecule has 11 heteroatoms. The summed E-state index contributed by atoms with van der Waals surface area (Å²) >= 11 is 1.04. The van der Waals surface area contributed by atoms with E-state index < -0.39 is 29.8 Å². The lowest BCUT2D eigenvalue weighted by Crippen LogP contribution is -2.52. The molecule has 6 nitrogen and oxygen atoms in total. The maximum Gasteiger partial charge on any atom is 0.471 e. The summed E-state index contributed by atoms with van der Waals surface area (Å²) in [6.07, 6.45) is -2.82. The zero-order valence-corrected chi connectivity index (χ0v) is 16.4. The summed E-state index contributed by atoms with van der Waals surface area (Å²) in [5.41, 5.74) is 6.30. The van der Waals surface area contributed by atoms with E-state index in [1.807, 2.05) is 5.32 Å². The number of anilines is 1. The second-order valence-electron chi connectivity index (χ2n) is 7.45. The van der Waals surface area contributed by atoms with Crippen molar-refractivity contribution in [2.45, 2.75) is 37.5 Å². The Bertz CT molecular complexity index is 993. The van der Waals surface area contributed by atoms with E-state index in [1.54, 1.807) is 6.07 Å². The Labute approximate surface area is 173 Å². The number of fused-ring (bicyclic) bond motifs is 2. The number of nitrogens with two attached hydrogens (primary N) is 1. The summed E-state index contributed by atoms with van der Waals surface area (Å²) < 4.78 is 51.4. The number of nitrogens with zero attached hydrogens (tertiary/aromatic N) is 2. The third-order valence-electron chi connectivity index (χ3n) is 5.64. The van der Waals surface area contributed by atoms with Crippen LogP contribution in [-0.2, 0) is 4.79 Å². The molecular weight excluding hydrogens is 424 g/mol. The molecule has 1 saturated carbocycles. The van der Waals surface area contributed by atoms with Crippen LogP contribution in [0.4, 0.5) is 22.7 Å². The fraction of sp³-hybridized carbons (Fsp3) is 0.421. The number of halogens is 4. The smallest absolute Gasteiger partial charge is 0.375 e. The first-order valence-electron chi connectivity index (χ1n) is 9.35. The summed E-state index contributed by atoms with van der Waals surface area (Å²) in [4.78, 5) is 30.7. The molecule has 0 radical (unpaired) electrons. The molecule has 2 heterocycles. The van der Waals surface area contributed by atoms with Gasteiger partial charge in [-0.25, -0.2) is 9.37 Å². The first-order chi connectivity index (χ1) is 14.1. The van der Waals surface area contributed by atoms with Crippen LogP contribution in [0, 0.1) is 11.7 Å². The number of piperidine rings is 1. The van der Waals surface area contributed by atoms with E-state index in [-0.39, 0.29) is 29.3 Å². The molecule has 1 aromatic carbocycles. The highest BCUT2D eigenvalue weighted by Gasteiger charge is 2.49. The molecule has 2 amide bonds. The number of nitrogen functional groups attached to an aromatic ring is 1. The Kier molecular flexibility index (Phi) is 5.16.